The molecule has 0 spiro atoms. The predicted molar refractivity (Wildman–Crippen MR) is 98.0 cm³/mol. The summed E-state index contributed by atoms with van der Waals surface area (Å²) in [4.78, 5) is 27.9. The first-order valence-electron chi connectivity index (χ1n) is 7.63. The highest BCUT2D eigenvalue weighted by molar-refractivity contribution is 7.14. The Hall–Kier alpha value is -2.44. The van der Waals surface area contributed by atoms with Gasteiger partial charge in [-0.25, -0.2) is 9.78 Å². The van der Waals surface area contributed by atoms with E-state index in [1.165, 1.54) is 22.7 Å². The lowest BCUT2D eigenvalue weighted by Crippen LogP contribution is -2.21. The summed E-state index contributed by atoms with van der Waals surface area (Å²) in [5.74, 6) is -0.576. The number of thiazole rings is 1. The molecule has 2 heterocycles. The number of anilines is 2. The van der Waals surface area contributed by atoms with Crippen molar-refractivity contribution in [3.63, 3.8) is 0 Å². The molecule has 0 aromatic carbocycles. The van der Waals surface area contributed by atoms with Crippen LogP contribution in [0.2, 0.25) is 0 Å². The summed E-state index contributed by atoms with van der Waals surface area (Å²) < 4.78 is 4.96. The van der Waals surface area contributed by atoms with Gasteiger partial charge < -0.3 is 15.4 Å². The van der Waals surface area contributed by atoms with Crippen LogP contribution in [0.15, 0.2) is 16.8 Å². The number of ether oxygens (including phenoxy) is 1. The first-order chi connectivity index (χ1) is 12.0. The summed E-state index contributed by atoms with van der Waals surface area (Å²) in [6, 6.07) is 3.58. The Morgan fingerprint density at radius 1 is 1.40 bits per heavy atom. The van der Waals surface area contributed by atoms with Crippen molar-refractivity contribution in [2.75, 3.05) is 23.8 Å². The largest absolute Gasteiger partial charge is 0.451 e. The third-order valence-electron chi connectivity index (χ3n) is 3.08. The predicted octanol–water partition coefficient (Wildman–Crippen LogP) is 3.33. The number of nitriles is 1. The number of nitrogens with one attached hydrogen (secondary N) is 2. The van der Waals surface area contributed by atoms with E-state index in [2.05, 4.69) is 29.5 Å². The Morgan fingerprint density at radius 2 is 2.20 bits per heavy atom. The van der Waals surface area contributed by atoms with E-state index in [0.29, 0.717) is 21.6 Å². The zero-order valence-corrected chi connectivity index (χ0v) is 15.5. The third kappa shape index (κ3) is 5.85. The number of nitrogens with zero attached hydrogens (tertiary/aromatic N) is 2. The van der Waals surface area contributed by atoms with Gasteiger partial charge in [-0.3, -0.25) is 4.79 Å². The van der Waals surface area contributed by atoms with E-state index in [1.54, 1.807) is 16.8 Å². The van der Waals surface area contributed by atoms with Crippen molar-refractivity contribution in [3.8, 4) is 6.07 Å². The van der Waals surface area contributed by atoms with Gasteiger partial charge in [-0.1, -0.05) is 13.8 Å². The van der Waals surface area contributed by atoms with Crippen molar-refractivity contribution in [3.05, 3.63) is 28.1 Å². The summed E-state index contributed by atoms with van der Waals surface area (Å²) in [5, 5.41) is 19.0. The fourth-order valence-corrected chi connectivity index (χ4v) is 3.24. The lowest BCUT2D eigenvalue weighted by molar-refractivity contribution is -0.119. The van der Waals surface area contributed by atoms with Gasteiger partial charge in [0.1, 0.15) is 11.1 Å². The smallest absolute Gasteiger partial charge is 0.358 e. The van der Waals surface area contributed by atoms with Crippen LogP contribution in [0.25, 0.3) is 0 Å². The summed E-state index contributed by atoms with van der Waals surface area (Å²) in [6.07, 6.45) is 1.01. The van der Waals surface area contributed by atoms with Crippen molar-refractivity contribution in [1.82, 2.24) is 4.98 Å². The van der Waals surface area contributed by atoms with E-state index in [1.807, 2.05) is 6.07 Å². The van der Waals surface area contributed by atoms with E-state index in [0.717, 1.165) is 13.0 Å². The van der Waals surface area contributed by atoms with Crippen LogP contribution in [0, 0.1) is 17.2 Å². The quantitative estimate of drug-likeness (QED) is 0.683. The molecule has 1 amide bonds. The van der Waals surface area contributed by atoms with Crippen LogP contribution in [-0.4, -0.2) is 30.0 Å². The van der Waals surface area contributed by atoms with E-state index < -0.39 is 18.5 Å². The zero-order valence-electron chi connectivity index (χ0n) is 13.9. The molecule has 0 aliphatic rings. The highest BCUT2D eigenvalue weighted by atomic mass is 32.1. The van der Waals surface area contributed by atoms with Gasteiger partial charge in [0.2, 0.25) is 0 Å². The van der Waals surface area contributed by atoms with Gasteiger partial charge in [0.05, 0.1) is 5.56 Å². The molecule has 0 radical (unpaired) electrons. The van der Waals surface area contributed by atoms with Crippen LogP contribution in [0.3, 0.4) is 0 Å². The minimum absolute atomic E-state index is 0.165. The van der Waals surface area contributed by atoms with Crippen molar-refractivity contribution in [2.24, 2.45) is 5.92 Å². The number of aromatic nitrogens is 1. The lowest BCUT2D eigenvalue weighted by Gasteiger charge is -2.05. The number of rotatable bonds is 8. The Morgan fingerprint density at radius 3 is 2.92 bits per heavy atom. The molecule has 25 heavy (non-hydrogen) atoms. The minimum Gasteiger partial charge on any atom is -0.451 e. The fourth-order valence-electron chi connectivity index (χ4n) is 1.78. The minimum atomic E-state index is -0.657. The van der Waals surface area contributed by atoms with Crippen molar-refractivity contribution < 1.29 is 14.3 Å². The molecular formula is C16H18N4O3S2. The van der Waals surface area contributed by atoms with Gasteiger partial charge in [-0.05, 0) is 23.8 Å². The number of hydrogen-bond acceptors (Lipinski definition) is 8. The molecular weight excluding hydrogens is 360 g/mol. The molecule has 0 saturated carbocycles. The van der Waals surface area contributed by atoms with Gasteiger partial charge in [-0.2, -0.15) is 5.26 Å². The Balaban J connectivity index is 1.79. The normalized spacial score (nSPS) is 10.3. The van der Waals surface area contributed by atoms with Crippen LogP contribution in [0.5, 0.6) is 0 Å². The maximum Gasteiger partial charge on any atom is 0.358 e. The van der Waals surface area contributed by atoms with Crippen LogP contribution < -0.4 is 10.6 Å². The van der Waals surface area contributed by atoms with E-state index in [-0.39, 0.29) is 5.69 Å². The van der Waals surface area contributed by atoms with Gasteiger partial charge in [0.25, 0.3) is 5.91 Å². The molecule has 0 aliphatic carbocycles. The first kappa shape index (κ1) is 18.9. The Labute approximate surface area is 153 Å². The summed E-state index contributed by atoms with van der Waals surface area (Å²) in [7, 11) is 0. The summed E-state index contributed by atoms with van der Waals surface area (Å²) >= 11 is 2.55. The molecule has 132 valence electrons. The molecule has 2 N–H and O–H groups in total. The fraction of sp³-hybridized carbons (Fsp3) is 0.375. The highest BCUT2D eigenvalue weighted by Gasteiger charge is 2.15. The maximum absolute atomic E-state index is 11.9. The second-order valence-electron chi connectivity index (χ2n) is 5.55. The van der Waals surface area contributed by atoms with Crippen molar-refractivity contribution >= 4 is 44.7 Å². The topological polar surface area (TPSA) is 104 Å². The maximum atomic E-state index is 11.9. The number of esters is 1. The molecule has 0 fully saturated rings. The summed E-state index contributed by atoms with van der Waals surface area (Å²) in [6.45, 7) is 4.61. The molecule has 0 bridgehead atoms. The molecule has 0 saturated heterocycles. The van der Waals surface area contributed by atoms with Crippen LogP contribution >= 0.6 is 22.7 Å². The molecule has 2 rings (SSSR count). The van der Waals surface area contributed by atoms with Gasteiger partial charge >= 0.3 is 5.97 Å². The number of hydrogen-bond donors (Lipinski definition) is 2. The molecule has 2 aromatic heterocycles. The van der Waals surface area contributed by atoms with Crippen LogP contribution in [0.1, 0.15) is 36.3 Å². The van der Waals surface area contributed by atoms with Crippen LogP contribution in [-0.2, 0) is 9.53 Å². The van der Waals surface area contributed by atoms with E-state index in [4.69, 9.17) is 10.00 Å². The monoisotopic (exact) mass is 378 g/mol. The van der Waals surface area contributed by atoms with E-state index >= 15 is 0 Å². The molecule has 2 aromatic rings. The number of thiophene rings is 1. The lowest BCUT2D eigenvalue weighted by atomic mass is 10.1. The van der Waals surface area contributed by atoms with Crippen molar-refractivity contribution in [2.45, 2.75) is 20.3 Å². The zero-order chi connectivity index (χ0) is 18.2. The first-order valence-corrected chi connectivity index (χ1v) is 9.39. The molecule has 0 atom stereocenters. The molecule has 7 nitrogen and oxygen atoms in total. The SMILES string of the molecule is CC(C)CCNc1nc(C(=O)OCC(=O)Nc2sccc2C#N)cs1. The average Bonchev–Trinajstić information content (AvgIpc) is 3.21. The summed E-state index contributed by atoms with van der Waals surface area (Å²) in [5.41, 5.74) is 0.542. The van der Waals surface area contributed by atoms with Crippen LogP contribution in [0.4, 0.5) is 10.1 Å². The standard InChI is InChI=1S/C16H18N4O3S2/c1-10(2)3-5-18-16-19-12(9-25-16)15(22)23-8-13(21)20-14-11(7-17)4-6-24-14/h4,6,9-10H,3,5,8H2,1-2H3,(H,18,19)(H,20,21). The van der Waals surface area contributed by atoms with Gasteiger partial charge in [0, 0.05) is 11.9 Å². The number of carbonyl (C=O) groups excluding carboxylic acids is 2. The molecule has 0 aliphatic heterocycles. The highest BCUT2D eigenvalue weighted by Crippen LogP contribution is 2.22. The second-order valence-corrected chi connectivity index (χ2v) is 7.32. The molecule has 9 heteroatoms. The van der Waals surface area contributed by atoms with Crippen molar-refractivity contribution in [1.29, 1.82) is 5.26 Å². The second kappa shape index (κ2) is 9.15. The third-order valence-corrected chi connectivity index (χ3v) is 4.71. The molecule has 0 unspecified atom stereocenters. The Kier molecular flexibility index (Phi) is 6.91. The van der Waals surface area contributed by atoms with Gasteiger partial charge in [0.15, 0.2) is 17.4 Å². The van der Waals surface area contributed by atoms with Gasteiger partial charge in [-0.15, -0.1) is 22.7 Å². The number of amides is 1. The average molecular weight is 378 g/mol. The Bertz CT molecular complexity index is 776. The number of carbonyl (C=O) groups is 2. The van der Waals surface area contributed by atoms with E-state index in [9.17, 15) is 9.59 Å².